The Kier molecular flexibility index (Phi) is 4.45. The fourth-order valence-electron chi connectivity index (χ4n) is 2.26. The van der Waals surface area contributed by atoms with Crippen LogP contribution in [0.2, 0.25) is 0 Å². The number of carbonyl (C=O) groups excluding carboxylic acids is 1. The first-order valence-corrected chi connectivity index (χ1v) is 7.03. The lowest BCUT2D eigenvalue weighted by Crippen LogP contribution is -2.56. The number of hydrogen-bond donors (Lipinski definition) is 2. The summed E-state index contributed by atoms with van der Waals surface area (Å²) in [6, 6.07) is -0.168. The van der Waals surface area contributed by atoms with Crippen LogP contribution in [-0.4, -0.2) is 48.5 Å². The predicted molar refractivity (Wildman–Crippen MR) is 76.3 cm³/mol. The third-order valence-corrected chi connectivity index (χ3v) is 3.53. The molecule has 1 aromatic rings. The fourth-order valence-corrected chi connectivity index (χ4v) is 2.26. The first kappa shape index (κ1) is 15.0. The standard InChI is InChI=1S/C14H24N4O2/c1-14(2,3)11-8-17-12(20-11)9-18-6-5-16-7-10(18)13(19)15-4/h8,10,16H,5-7,9H2,1-4H3,(H,15,19). The Labute approximate surface area is 119 Å². The van der Waals surface area contributed by atoms with Gasteiger partial charge in [-0.2, -0.15) is 0 Å². The number of piperazine rings is 1. The monoisotopic (exact) mass is 280 g/mol. The number of oxazole rings is 1. The van der Waals surface area contributed by atoms with Gasteiger partial charge >= 0.3 is 0 Å². The van der Waals surface area contributed by atoms with Crippen LogP contribution in [0.25, 0.3) is 0 Å². The summed E-state index contributed by atoms with van der Waals surface area (Å²) in [5.74, 6) is 1.57. The van der Waals surface area contributed by atoms with Crippen molar-refractivity contribution in [2.24, 2.45) is 0 Å². The normalized spacial score (nSPS) is 20.9. The maximum absolute atomic E-state index is 11.9. The number of likely N-dealkylation sites (N-methyl/N-ethyl adjacent to an activating group) is 1. The van der Waals surface area contributed by atoms with E-state index in [1.165, 1.54) is 0 Å². The molecule has 1 aromatic heterocycles. The lowest BCUT2D eigenvalue weighted by molar-refractivity contribution is -0.126. The number of amides is 1. The molecule has 1 amide bonds. The first-order chi connectivity index (χ1) is 9.41. The quantitative estimate of drug-likeness (QED) is 0.843. The Morgan fingerprint density at radius 1 is 1.60 bits per heavy atom. The van der Waals surface area contributed by atoms with Crippen molar-refractivity contribution in [2.45, 2.75) is 38.8 Å². The van der Waals surface area contributed by atoms with Crippen LogP contribution in [-0.2, 0) is 16.8 Å². The number of carbonyl (C=O) groups is 1. The Morgan fingerprint density at radius 3 is 2.95 bits per heavy atom. The van der Waals surface area contributed by atoms with E-state index in [0.717, 1.165) is 18.8 Å². The first-order valence-electron chi connectivity index (χ1n) is 7.03. The smallest absolute Gasteiger partial charge is 0.238 e. The van der Waals surface area contributed by atoms with Crippen molar-refractivity contribution in [3.05, 3.63) is 17.8 Å². The van der Waals surface area contributed by atoms with Crippen LogP contribution in [0, 0.1) is 0 Å². The molecule has 0 aliphatic carbocycles. The summed E-state index contributed by atoms with van der Waals surface area (Å²) < 4.78 is 5.81. The van der Waals surface area contributed by atoms with Gasteiger partial charge in [0.2, 0.25) is 11.8 Å². The minimum atomic E-state index is -0.168. The summed E-state index contributed by atoms with van der Waals surface area (Å²) in [4.78, 5) is 18.3. The van der Waals surface area contributed by atoms with Crippen LogP contribution >= 0.6 is 0 Å². The second-order valence-corrected chi connectivity index (χ2v) is 6.17. The molecule has 2 heterocycles. The van der Waals surface area contributed by atoms with E-state index < -0.39 is 0 Å². The van der Waals surface area contributed by atoms with Gasteiger partial charge in [-0.1, -0.05) is 20.8 Å². The maximum Gasteiger partial charge on any atom is 0.238 e. The van der Waals surface area contributed by atoms with Crippen LogP contribution in [0.3, 0.4) is 0 Å². The molecule has 0 saturated carbocycles. The minimum absolute atomic E-state index is 0.0276. The number of rotatable bonds is 3. The molecule has 1 aliphatic heterocycles. The molecule has 2 rings (SSSR count). The third kappa shape index (κ3) is 3.37. The summed E-state index contributed by atoms with van der Waals surface area (Å²) >= 11 is 0. The number of nitrogens with zero attached hydrogens (tertiary/aromatic N) is 2. The molecule has 6 nitrogen and oxygen atoms in total. The summed E-state index contributed by atoms with van der Waals surface area (Å²) in [6.45, 7) is 9.19. The average molecular weight is 280 g/mol. The van der Waals surface area contributed by atoms with Crippen LogP contribution in [0.1, 0.15) is 32.4 Å². The van der Waals surface area contributed by atoms with E-state index in [1.807, 2.05) is 0 Å². The van der Waals surface area contributed by atoms with Gasteiger partial charge < -0.3 is 15.1 Å². The van der Waals surface area contributed by atoms with Crippen molar-refractivity contribution in [1.82, 2.24) is 20.5 Å². The van der Waals surface area contributed by atoms with E-state index in [0.29, 0.717) is 19.0 Å². The summed E-state index contributed by atoms with van der Waals surface area (Å²) in [5.41, 5.74) is -0.0467. The highest BCUT2D eigenvalue weighted by Gasteiger charge is 2.29. The molecule has 112 valence electrons. The van der Waals surface area contributed by atoms with Crippen LogP contribution in [0.4, 0.5) is 0 Å². The Hall–Kier alpha value is -1.40. The molecule has 0 radical (unpaired) electrons. The van der Waals surface area contributed by atoms with Gasteiger partial charge in [-0.25, -0.2) is 4.98 Å². The van der Waals surface area contributed by atoms with Crippen LogP contribution in [0.15, 0.2) is 10.6 Å². The molecule has 6 heteroatoms. The van der Waals surface area contributed by atoms with Crippen molar-refractivity contribution in [3.8, 4) is 0 Å². The highest BCUT2D eigenvalue weighted by Crippen LogP contribution is 2.23. The van der Waals surface area contributed by atoms with Gasteiger partial charge in [-0.3, -0.25) is 9.69 Å². The van der Waals surface area contributed by atoms with Crippen molar-refractivity contribution in [1.29, 1.82) is 0 Å². The second-order valence-electron chi connectivity index (χ2n) is 6.17. The number of aromatic nitrogens is 1. The Balaban J connectivity index is 2.07. The van der Waals surface area contributed by atoms with Crippen LogP contribution < -0.4 is 10.6 Å². The van der Waals surface area contributed by atoms with Gasteiger partial charge in [0.05, 0.1) is 12.7 Å². The van der Waals surface area contributed by atoms with Gasteiger partial charge in [0, 0.05) is 32.1 Å². The Morgan fingerprint density at radius 2 is 2.35 bits per heavy atom. The lowest BCUT2D eigenvalue weighted by atomic mass is 9.94. The molecular formula is C14H24N4O2. The van der Waals surface area contributed by atoms with Gasteiger partial charge in [-0.15, -0.1) is 0 Å². The maximum atomic E-state index is 11.9. The zero-order valence-electron chi connectivity index (χ0n) is 12.7. The second kappa shape index (κ2) is 5.93. The lowest BCUT2D eigenvalue weighted by Gasteiger charge is -2.33. The topological polar surface area (TPSA) is 70.4 Å². The SMILES string of the molecule is CNC(=O)C1CNCCN1Cc1ncc(C(C)(C)C)o1. The molecule has 0 bridgehead atoms. The number of hydrogen-bond acceptors (Lipinski definition) is 5. The molecule has 0 aromatic carbocycles. The molecule has 1 atom stereocenters. The van der Waals surface area contributed by atoms with Gasteiger partial charge in [0.25, 0.3) is 0 Å². The van der Waals surface area contributed by atoms with Crippen molar-refractivity contribution in [3.63, 3.8) is 0 Å². The van der Waals surface area contributed by atoms with Crippen molar-refractivity contribution < 1.29 is 9.21 Å². The summed E-state index contributed by atoms with van der Waals surface area (Å²) in [7, 11) is 1.66. The van der Waals surface area contributed by atoms with Crippen molar-refractivity contribution >= 4 is 5.91 Å². The largest absolute Gasteiger partial charge is 0.444 e. The van der Waals surface area contributed by atoms with Gasteiger partial charge in [0.15, 0.2) is 0 Å². The molecular weight excluding hydrogens is 256 g/mol. The van der Waals surface area contributed by atoms with E-state index in [-0.39, 0.29) is 17.4 Å². The third-order valence-electron chi connectivity index (χ3n) is 3.53. The van der Waals surface area contributed by atoms with E-state index in [9.17, 15) is 4.79 Å². The molecule has 1 aliphatic rings. The molecule has 0 spiro atoms. The zero-order valence-corrected chi connectivity index (χ0v) is 12.7. The summed E-state index contributed by atoms with van der Waals surface area (Å²) in [6.07, 6.45) is 1.78. The zero-order chi connectivity index (χ0) is 14.8. The molecule has 1 saturated heterocycles. The van der Waals surface area contributed by atoms with Crippen LogP contribution in [0.5, 0.6) is 0 Å². The highest BCUT2D eigenvalue weighted by molar-refractivity contribution is 5.81. The number of nitrogens with one attached hydrogen (secondary N) is 2. The summed E-state index contributed by atoms with van der Waals surface area (Å²) in [5, 5.41) is 5.95. The van der Waals surface area contributed by atoms with E-state index in [4.69, 9.17) is 4.42 Å². The average Bonchev–Trinajstić information content (AvgIpc) is 2.87. The Bertz CT molecular complexity index is 464. The van der Waals surface area contributed by atoms with Crippen molar-refractivity contribution in [2.75, 3.05) is 26.7 Å². The van der Waals surface area contributed by atoms with E-state index in [2.05, 4.69) is 41.3 Å². The van der Waals surface area contributed by atoms with E-state index >= 15 is 0 Å². The molecule has 1 unspecified atom stereocenters. The fraction of sp³-hybridized carbons (Fsp3) is 0.714. The molecule has 1 fully saturated rings. The van der Waals surface area contributed by atoms with E-state index in [1.54, 1.807) is 13.2 Å². The van der Waals surface area contributed by atoms with Gasteiger partial charge in [-0.05, 0) is 0 Å². The molecule has 20 heavy (non-hydrogen) atoms. The predicted octanol–water partition coefficient (Wildman–Crippen LogP) is 0.492. The minimum Gasteiger partial charge on any atom is -0.444 e. The highest BCUT2D eigenvalue weighted by atomic mass is 16.4. The van der Waals surface area contributed by atoms with Gasteiger partial charge in [0.1, 0.15) is 11.8 Å². The molecule has 2 N–H and O–H groups in total.